The molecule has 0 spiro atoms. The summed E-state index contributed by atoms with van der Waals surface area (Å²) in [6, 6.07) is 7.94. The standard InChI is InChI=1S/C22H33N5O3/c1-14(2)16-11-9-10-12-17(16)27-15(3)24-18(26-27)19(28)25-22(7,8)13-23-20(29)30-21(4,5)6/h9-12,14H,13H2,1-8H3,(H,23,29)(H,25,28). The second-order valence-corrected chi connectivity index (χ2v) is 9.30. The van der Waals surface area contributed by atoms with Gasteiger partial charge in [0.1, 0.15) is 11.4 Å². The minimum absolute atomic E-state index is 0.0800. The van der Waals surface area contributed by atoms with E-state index in [1.807, 2.05) is 31.2 Å². The van der Waals surface area contributed by atoms with Gasteiger partial charge in [0.2, 0.25) is 5.82 Å². The molecule has 2 aromatic rings. The average molecular weight is 416 g/mol. The molecule has 0 fully saturated rings. The second-order valence-electron chi connectivity index (χ2n) is 9.30. The Bertz CT molecular complexity index is 910. The monoisotopic (exact) mass is 415 g/mol. The van der Waals surface area contributed by atoms with Gasteiger partial charge in [0.15, 0.2) is 0 Å². The quantitative estimate of drug-likeness (QED) is 0.749. The van der Waals surface area contributed by atoms with E-state index in [-0.39, 0.29) is 12.4 Å². The highest BCUT2D eigenvalue weighted by Crippen LogP contribution is 2.23. The van der Waals surface area contributed by atoms with Crippen LogP contribution < -0.4 is 10.6 Å². The van der Waals surface area contributed by atoms with E-state index in [2.05, 4.69) is 34.6 Å². The minimum Gasteiger partial charge on any atom is -0.444 e. The molecule has 30 heavy (non-hydrogen) atoms. The molecule has 0 saturated heterocycles. The zero-order valence-corrected chi connectivity index (χ0v) is 19.2. The Morgan fingerprint density at radius 1 is 1.13 bits per heavy atom. The van der Waals surface area contributed by atoms with E-state index in [4.69, 9.17) is 4.74 Å². The van der Waals surface area contributed by atoms with Crippen LogP contribution in [-0.2, 0) is 4.74 Å². The molecule has 0 atom stereocenters. The van der Waals surface area contributed by atoms with Crippen molar-refractivity contribution in [1.29, 1.82) is 0 Å². The van der Waals surface area contributed by atoms with Gasteiger partial charge < -0.3 is 15.4 Å². The lowest BCUT2D eigenvalue weighted by Gasteiger charge is -2.27. The fourth-order valence-electron chi connectivity index (χ4n) is 2.90. The molecule has 8 nitrogen and oxygen atoms in total. The Hall–Kier alpha value is -2.90. The third-order valence-electron chi connectivity index (χ3n) is 4.28. The Morgan fingerprint density at radius 3 is 2.37 bits per heavy atom. The lowest BCUT2D eigenvalue weighted by Crippen LogP contribution is -2.52. The van der Waals surface area contributed by atoms with E-state index in [1.54, 1.807) is 39.3 Å². The molecule has 1 aromatic heterocycles. The van der Waals surface area contributed by atoms with Crippen LogP contribution in [0, 0.1) is 6.92 Å². The van der Waals surface area contributed by atoms with Gasteiger partial charge in [-0.05, 0) is 59.1 Å². The van der Waals surface area contributed by atoms with E-state index in [9.17, 15) is 9.59 Å². The Morgan fingerprint density at radius 2 is 1.77 bits per heavy atom. The van der Waals surface area contributed by atoms with Crippen molar-refractivity contribution in [3.8, 4) is 5.69 Å². The number of carbonyl (C=O) groups excluding carboxylic acids is 2. The van der Waals surface area contributed by atoms with Gasteiger partial charge in [-0.3, -0.25) is 4.79 Å². The molecule has 0 aliphatic heterocycles. The topological polar surface area (TPSA) is 98.1 Å². The first-order valence-corrected chi connectivity index (χ1v) is 10.1. The van der Waals surface area contributed by atoms with Gasteiger partial charge in [0, 0.05) is 6.54 Å². The van der Waals surface area contributed by atoms with Crippen LogP contribution in [0.5, 0.6) is 0 Å². The molecule has 0 radical (unpaired) electrons. The van der Waals surface area contributed by atoms with Crippen LogP contribution in [0.15, 0.2) is 24.3 Å². The van der Waals surface area contributed by atoms with E-state index < -0.39 is 23.1 Å². The van der Waals surface area contributed by atoms with Crippen molar-refractivity contribution >= 4 is 12.0 Å². The largest absolute Gasteiger partial charge is 0.444 e. The Labute approximate surface area is 178 Å². The molecule has 1 aromatic carbocycles. The van der Waals surface area contributed by atoms with Gasteiger partial charge in [0.05, 0.1) is 11.2 Å². The number of rotatable bonds is 6. The molecule has 0 aliphatic rings. The highest BCUT2D eigenvalue weighted by atomic mass is 16.6. The first-order chi connectivity index (χ1) is 13.8. The molecule has 2 rings (SSSR count). The average Bonchev–Trinajstić information content (AvgIpc) is 3.00. The molecule has 0 bridgehead atoms. The molecule has 0 unspecified atom stereocenters. The van der Waals surface area contributed by atoms with Crippen molar-refractivity contribution in [3.63, 3.8) is 0 Å². The number of carbonyl (C=O) groups is 2. The van der Waals surface area contributed by atoms with Crippen LogP contribution in [0.4, 0.5) is 4.79 Å². The summed E-state index contributed by atoms with van der Waals surface area (Å²) < 4.78 is 6.92. The van der Waals surface area contributed by atoms with Gasteiger partial charge in [-0.2, -0.15) is 0 Å². The van der Waals surface area contributed by atoms with Crippen LogP contribution in [0.1, 0.15) is 76.4 Å². The second kappa shape index (κ2) is 8.85. The normalized spacial score (nSPS) is 12.0. The van der Waals surface area contributed by atoms with Crippen LogP contribution in [0.25, 0.3) is 5.69 Å². The van der Waals surface area contributed by atoms with Crippen molar-refractivity contribution in [2.45, 2.75) is 72.4 Å². The third-order valence-corrected chi connectivity index (χ3v) is 4.28. The zero-order chi connectivity index (χ0) is 22.7. The van der Waals surface area contributed by atoms with Crippen LogP contribution in [-0.4, -0.2) is 44.4 Å². The summed E-state index contributed by atoms with van der Waals surface area (Å²) in [5.74, 6) is 0.601. The van der Waals surface area contributed by atoms with Crippen molar-refractivity contribution in [2.24, 2.45) is 0 Å². The predicted octanol–water partition coefficient (Wildman–Crippen LogP) is 3.73. The fourth-order valence-corrected chi connectivity index (χ4v) is 2.90. The summed E-state index contributed by atoms with van der Waals surface area (Å²) in [5.41, 5.74) is 0.725. The predicted molar refractivity (Wildman–Crippen MR) is 116 cm³/mol. The molecule has 8 heteroatoms. The SMILES string of the molecule is Cc1nc(C(=O)NC(C)(C)CNC(=O)OC(C)(C)C)nn1-c1ccccc1C(C)C. The molecule has 2 amide bonds. The lowest BCUT2D eigenvalue weighted by atomic mass is 10.0. The van der Waals surface area contributed by atoms with Gasteiger partial charge >= 0.3 is 6.09 Å². The van der Waals surface area contributed by atoms with Gasteiger partial charge in [-0.1, -0.05) is 32.0 Å². The highest BCUT2D eigenvalue weighted by Gasteiger charge is 2.26. The van der Waals surface area contributed by atoms with Crippen LogP contribution in [0.2, 0.25) is 0 Å². The first-order valence-electron chi connectivity index (χ1n) is 10.1. The van der Waals surface area contributed by atoms with Crippen LogP contribution in [0.3, 0.4) is 0 Å². The van der Waals surface area contributed by atoms with E-state index in [1.165, 1.54) is 0 Å². The number of nitrogens with one attached hydrogen (secondary N) is 2. The third kappa shape index (κ3) is 6.30. The Balaban J connectivity index is 2.11. The van der Waals surface area contributed by atoms with Crippen molar-refractivity contribution < 1.29 is 14.3 Å². The number of nitrogens with zero attached hydrogens (tertiary/aromatic N) is 3. The smallest absolute Gasteiger partial charge is 0.407 e. The highest BCUT2D eigenvalue weighted by molar-refractivity contribution is 5.91. The van der Waals surface area contributed by atoms with Gasteiger partial charge in [0.25, 0.3) is 5.91 Å². The molecule has 164 valence electrons. The molecular formula is C22H33N5O3. The Kier molecular flexibility index (Phi) is 6.90. The van der Waals surface area contributed by atoms with Crippen molar-refractivity contribution in [3.05, 3.63) is 41.5 Å². The number of hydrogen-bond acceptors (Lipinski definition) is 5. The summed E-state index contributed by atoms with van der Waals surface area (Å²) >= 11 is 0. The van der Waals surface area contributed by atoms with Gasteiger partial charge in [-0.15, -0.1) is 5.10 Å². The maximum absolute atomic E-state index is 12.8. The summed E-state index contributed by atoms with van der Waals surface area (Å²) in [6.45, 7) is 15.2. The summed E-state index contributed by atoms with van der Waals surface area (Å²) in [6.07, 6.45) is -0.534. The van der Waals surface area contributed by atoms with E-state index in [0.717, 1.165) is 11.3 Å². The number of ether oxygens (including phenoxy) is 1. The van der Waals surface area contributed by atoms with Crippen molar-refractivity contribution in [2.75, 3.05) is 6.54 Å². The number of hydrogen-bond donors (Lipinski definition) is 2. The number of aryl methyl sites for hydroxylation is 1. The van der Waals surface area contributed by atoms with Crippen LogP contribution >= 0.6 is 0 Å². The maximum atomic E-state index is 12.8. The molecule has 1 heterocycles. The van der Waals surface area contributed by atoms with Gasteiger partial charge in [-0.25, -0.2) is 14.5 Å². The summed E-state index contributed by atoms with van der Waals surface area (Å²) in [7, 11) is 0. The minimum atomic E-state index is -0.719. The maximum Gasteiger partial charge on any atom is 0.407 e. The number of aromatic nitrogens is 3. The number of para-hydroxylation sites is 1. The lowest BCUT2D eigenvalue weighted by molar-refractivity contribution is 0.0509. The molecule has 0 saturated carbocycles. The summed E-state index contributed by atoms with van der Waals surface area (Å²) in [5, 5.41) is 9.98. The molecule has 2 N–H and O–H groups in total. The molecule has 0 aliphatic carbocycles. The van der Waals surface area contributed by atoms with Crippen molar-refractivity contribution in [1.82, 2.24) is 25.4 Å². The number of alkyl carbamates (subject to hydrolysis) is 1. The molecular weight excluding hydrogens is 382 g/mol. The summed E-state index contributed by atoms with van der Waals surface area (Å²) in [4.78, 5) is 29.0. The number of benzene rings is 1. The van der Waals surface area contributed by atoms with E-state index >= 15 is 0 Å². The number of amides is 2. The zero-order valence-electron chi connectivity index (χ0n) is 19.2. The fraction of sp³-hybridized carbons (Fsp3) is 0.545. The first kappa shape index (κ1) is 23.4. The van der Waals surface area contributed by atoms with E-state index in [0.29, 0.717) is 11.7 Å².